The largest absolute Gasteiger partial charge is 0.480 e. The maximum atomic E-state index is 12.7. The lowest BCUT2D eigenvalue weighted by molar-refractivity contribution is -0.139. The lowest BCUT2D eigenvalue weighted by Crippen LogP contribution is -2.42. The molecule has 2 aromatic rings. The minimum Gasteiger partial charge on any atom is -0.480 e. The molecule has 33 heavy (non-hydrogen) atoms. The smallest absolute Gasteiger partial charge is 0.326 e. The van der Waals surface area contributed by atoms with Crippen LogP contribution in [0.4, 0.5) is 5.69 Å². The average Bonchev–Trinajstić information content (AvgIpc) is 2.74. The number of amides is 2. The summed E-state index contributed by atoms with van der Waals surface area (Å²) in [6.07, 6.45) is 3.07. The second-order valence-corrected chi connectivity index (χ2v) is 9.24. The van der Waals surface area contributed by atoms with Gasteiger partial charge in [-0.15, -0.1) is 0 Å². The number of aliphatic carboxylic acids is 1. The zero-order valence-corrected chi connectivity index (χ0v) is 20.7. The van der Waals surface area contributed by atoms with E-state index in [-0.39, 0.29) is 12.0 Å². The maximum absolute atomic E-state index is 12.7. The Hall–Kier alpha value is -2.61. The molecule has 1 aliphatic carbocycles. The van der Waals surface area contributed by atoms with E-state index in [1.165, 1.54) is 0 Å². The SMILES string of the molecule is Cc1cccc(Br)c1C(=O)NC(Cc1ccc(NC(=O)C2=C(Cl)CCC=C2Cl)cc1)C(=O)O. The summed E-state index contributed by atoms with van der Waals surface area (Å²) in [5.41, 5.74) is 2.57. The number of anilines is 1. The number of hydrogen-bond acceptors (Lipinski definition) is 3. The lowest BCUT2D eigenvalue weighted by atomic mass is 10.0. The van der Waals surface area contributed by atoms with Gasteiger partial charge in [-0.3, -0.25) is 9.59 Å². The zero-order chi connectivity index (χ0) is 24.1. The van der Waals surface area contributed by atoms with E-state index in [1.54, 1.807) is 55.5 Å². The number of benzene rings is 2. The number of allylic oxidation sites excluding steroid dienone is 2. The van der Waals surface area contributed by atoms with Crippen molar-refractivity contribution in [1.29, 1.82) is 0 Å². The molecule has 0 fully saturated rings. The molecule has 0 bridgehead atoms. The molecule has 1 aliphatic rings. The van der Waals surface area contributed by atoms with Crippen LogP contribution < -0.4 is 10.6 Å². The lowest BCUT2D eigenvalue weighted by Gasteiger charge is -2.17. The first-order chi connectivity index (χ1) is 15.7. The van der Waals surface area contributed by atoms with Gasteiger partial charge in [0.2, 0.25) is 0 Å². The summed E-state index contributed by atoms with van der Waals surface area (Å²) in [6.45, 7) is 1.78. The fraction of sp³-hybridized carbons (Fsp3) is 0.208. The highest BCUT2D eigenvalue weighted by atomic mass is 79.9. The van der Waals surface area contributed by atoms with Gasteiger partial charge in [0.25, 0.3) is 11.8 Å². The molecule has 0 heterocycles. The van der Waals surface area contributed by atoms with Crippen molar-refractivity contribution in [2.75, 3.05) is 5.32 Å². The molecule has 172 valence electrons. The quantitative estimate of drug-likeness (QED) is 0.421. The topological polar surface area (TPSA) is 95.5 Å². The van der Waals surface area contributed by atoms with Crippen LogP contribution in [0.3, 0.4) is 0 Å². The van der Waals surface area contributed by atoms with Crippen LogP contribution >= 0.6 is 39.1 Å². The number of rotatable bonds is 7. The fourth-order valence-electron chi connectivity index (χ4n) is 3.42. The third-order valence-electron chi connectivity index (χ3n) is 5.13. The van der Waals surface area contributed by atoms with Gasteiger partial charge in [0, 0.05) is 21.6 Å². The van der Waals surface area contributed by atoms with Crippen LogP contribution in [0.2, 0.25) is 0 Å². The van der Waals surface area contributed by atoms with Crippen LogP contribution in [0.25, 0.3) is 0 Å². The van der Waals surface area contributed by atoms with E-state index in [0.717, 1.165) is 5.56 Å². The summed E-state index contributed by atoms with van der Waals surface area (Å²) < 4.78 is 0.590. The standard InChI is InChI=1S/C24H21BrCl2N2O4/c1-13-4-2-5-16(25)20(13)22(30)29-19(24(32)33)12-14-8-10-15(11-9-14)28-23(31)21-17(26)6-3-7-18(21)27/h2,4-6,8-11,19H,3,7,12H2,1H3,(H,28,31)(H,29,30)(H,32,33). The number of aryl methyl sites for hydroxylation is 1. The minimum atomic E-state index is -1.15. The monoisotopic (exact) mass is 550 g/mol. The molecular weight excluding hydrogens is 531 g/mol. The van der Waals surface area contributed by atoms with Crippen molar-refractivity contribution in [3.63, 3.8) is 0 Å². The molecule has 0 aliphatic heterocycles. The Labute approximate surface area is 209 Å². The number of hydrogen-bond donors (Lipinski definition) is 3. The number of carbonyl (C=O) groups excluding carboxylic acids is 2. The predicted octanol–water partition coefficient (Wildman–Crippen LogP) is 5.53. The molecule has 0 saturated carbocycles. The molecule has 2 amide bonds. The van der Waals surface area contributed by atoms with E-state index in [0.29, 0.717) is 44.2 Å². The summed E-state index contributed by atoms with van der Waals surface area (Å²) in [6, 6.07) is 10.9. The Morgan fingerprint density at radius 3 is 2.39 bits per heavy atom. The second-order valence-electron chi connectivity index (χ2n) is 7.52. The van der Waals surface area contributed by atoms with Gasteiger partial charge in [0.05, 0.1) is 16.2 Å². The number of carboxylic acid groups (broad SMARTS) is 1. The highest BCUT2D eigenvalue weighted by molar-refractivity contribution is 9.10. The summed E-state index contributed by atoms with van der Waals surface area (Å²) in [5, 5.41) is 15.7. The van der Waals surface area contributed by atoms with Crippen LogP contribution in [0.1, 0.15) is 34.3 Å². The van der Waals surface area contributed by atoms with Crippen LogP contribution in [-0.4, -0.2) is 28.9 Å². The first kappa shape index (κ1) is 25.0. The molecule has 2 aromatic carbocycles. The maximum Gasteiger partial charge on any atom is 0.326 e. The molecule has 3 N–H and O–H groups in total. The fourth-order valence-corrected chi connectivity index (χ4v) is 4.72. The van der Waals surface area contributed by atoms with E-state index in [4.69, 9.17) is 23.2 Å². The van der Waals surface area contributed by atoms with Crippen molar-refractivity contribution >= 4 is 62.6 Å². The van der Waals surface area contributed by atoms with E-state index in [2.05, 4.69) is 26.6 Å². The van der Waals surface area contributed by atoms with Gasteiger partial charge < -0.3 is 15.7 Å². The van der Waals surface area contributed by atoms with Crippen LogP contribution in [0, 0.1) is 6.92 Å². The molecule has 0 spiro atoms. The van der Waals surface area contributed by atoms with Gasteiger partial charge in [-0.05, 0) is 65.0 Å². The molecule has 9 heteroatoms. The Kier molecular flexibility index (Phi) is 8.35. The number of nitrogens with one attached hydrogen (secondary N) is 2. The average molecular weight is 552 g/mol. The summed E-state index contributed by atoms with van der Waals surface area (Å²) >= 11 is 15.6. The Morgan fingerprint density at radius 1 is 1.09 bits per heavy atom. The Balaban J connectivity index is 1.68. The molecule has 0 aromatic heterocycles. The minimum absolute atomic E-state index is 0.0738. The molecule has 1 atom stereocenters. The third-order valence-corrected chi connectivity index (χ3v) is 6.51. The van der Waals surface area contributed by atoms with Crippen molar-refractivity contribution in [2.45, 2.75) is 32.2 Å². The molecule has 3 rings (SSSR count). The number of carboxylic acids is 1. The van der Waals surface area contributed by atoms with Crippen molar-refractivity contribution in [3.8, 4) is 0 Å². The van der Waals surface area contributed by atoms with Crippen molar-refractivity contribution < 1.29 is 19.5 Å². The van der Waals surface area contributed by atoms with E-state index < -0.39 is 23.8 Å². The van der Waals surface area contributed by atoms with E-state index in [1.807, 2.05) is 0 Å². The first-order valence-corrected chi connectivity index (χ1v) is 11.7. The van der Waals surface area contributed by atoms with Crippen molar-refractivity contribution in [1.82, 2.24) is 5.32 Å². The zero-order valence-electron chi connectivity index (χ0n) is 17.6. The van der Waals surface area contributed by atoms with Gasteiger partial charge in [0.15, 0.2) is 0 Å². The highest BCUT2D eigenvalue weighted by Gasteiger charge is 2.24. The second kappa shape index (κ2) is 11.0. The highest BCUT2D eigenvalue weighted by Crippen LogP contribution is 2.31. The third kappa shape index (κ3) is 6.25. The number of halogens is 3. The summed E-state index contributed by atoms with van der Waals surface area (Å²) in [5.74, 6) is -2.03. The number of carbonyl (C=O) groups is 3. The van der Waals surface area contributed by atoms with Crippen molar-refractivity contribution in [3.05, 3.63) is 85.3 Å². The van der Waals surface area contributed by atoms with Crippen LogP contribution in [-0.2, 0) is 16.0 Å². The van der Waals surface area contributed by atoms with Gasteiger partial charge >= 0.3 is 5.97 Å². The summed E-state index contributed by atoms with van der Waals surface area (Å²) in [7, 11) is 0. The molecule has 6 nitrogen and oxygen atoms in total. The van der Waals surface area contributed by atoms with Crippen LogP contribution in [0.15, 0.2) is 68.7 Å². The predicted molar refractivity (Wildman–Crippen MR) is 133 cm³/mol. The van der Waals surface area contributed by atoms with Crippen LogP contribution in [0.5, 0.6) is 0 Å². The van der Waals surface area contributed by atoms with Gasteiger partial charge in [-0.1, -0.05) is 53.5 Å². The first-order valence-electron chi connectivity index (χ1n) is 10.1. The molecular formula is C24H21BrCl2N2O4. The van der Waals surface area contributed by atoms with Gasteiger partial charge in [-0.2, -0.15) is 0 Å². The van der Waals surface area contributed by atoms with E-state index >= 15 is 0 Å². The molecule has 0 radical (unpaired) electrons. The van der Waals surface area contributed by atoms with Gasteiger partial charge in [-0.25, -0.2) is 4.79 Å². The normalized spacial score (nSPS) is 14.4. The van der Waals surface area contributed by atoms with Gasteiger partial charge in [0.1, 0.15) is 6.04 Å². The summed E-state index contributed by atoms with van der Waals surface area (Å²) in [4.78, 5) is 37.0. The molecule has 1 unspecified atom stereocenters. The Bertz CT molecular complexity index is 1140. The Morgan fingerprint density at radius 2 is 1.79 bits per heavy atom. The van der Waals surface area contributed by atoms with E-state index in [9.17, 15) is 19.5 Å². The van der Waals surface area contributed by atoms with Crippen molar-refractivity contribution in [2.24, 2.45) is 0 Å². The molecule has 0 saturated heterocycles.